The Hall–Kier alpha value is -1.67. The van der Waals surface area contributed by atoms with E-state index in [4.69, 9.17) is 10.2 Å². The molecule has 0 bridgehead atoms. The van der Waals surface area contributed by atoms with Crippen LogP contribution < -0.4 is 10.6 Å². The van der Waals surface area contributed by atoms with Crippen LogP contribution in [0.4, 0.5) is 4.79 Å². The normalized spacial score (nSPS) is 13.6. The Morgan fingerprint density at radius 1 is 1.47 bits per heavy atom. The largest absolute Gasteiger partial charge is 0.480 e. The Labute approximate surface area is 114 Å². The van der Waals surface area contributed by atoms with Gasteiger partial charge in [-0.05, 0) is 13.3 Å². The molecule has 0 fully saturated rings. The average Bonchev–Trinajstić information content (AvgIpc) is 2.84. The molecule has 1 aromatic rings. The van der Waals surface area contributed by atoms with Crippen LogP contribution in [-0.4, -0.2) is 39.8 Å². The Balaban J connectivity index is 2.54. The second-order valence-electron chi connectivity index (χ2n) is 3.93. The number of nitrogens with zero attached hydrogens (tertiary/aromatic N) is 1. The molecule has 106 valence electrons. The molecule has 2 amide bonds. The summed E-state index contributed by atoms with van der Waals surface area (Å²) in [5, 5.41) is 23.0. The summed E-state index contributed by atoms with van der Waals surface area (Å²) in [6.07, 6.45) is 2.63. The number of carbonyl (C=O) groups excluding carboxylic acids is 1. The van der Waals surface area contributed by atoms with E-state index >= 15 is 0 Å². The predicted molar refractivity (Wildman–Crippen MR) is 70.1 cm³/mol. The summed E-state index contributed by atoms with van der Waals surface area (Å²) in [5.74, 6) is -1.28. The van der Waals surface area contributed by atoms with Crippen molar-refractivity contribution in [2.75, 3.05) is 6.61 Å². The number of aliphatic hydroxyl groups excluding tert-OH is 1. The average molecular weight is 287 g/mol. The first-order valence-electron chi connectivity index (χ1n) is 5.83. The van der Waals surface area contributed by atoms with Crippen LogP contribution in [0.2, 0.25) is 0 Å². The van der Waals surface area contributed by atoms with E-state index in [1.165, 1.54) is 11.3 Å². The molecule has 0 aliphatic carbocycles. The number of nitrogens with one attached hydrogen (secondary N) is 2. The van der Waals surface area contributed by atoms with Gasteiger partial charge >= 0.3 is 12.0 Å². The minimum absolute atomic E-state index is 0.321. The van der Waals surface area contributed by atoms with Crippen molar-refractivity contribution < 1.29 is 19.8 Å². The van der Waals surface area contributed by atoms with Crippen molar-refractivity contribution in [3.05, 3.63) is 16.1 Å². The van der Waals surface area contributed by atoms with Gasteiger partial charge in [-0.2, -0.15) is 0 Å². The van der Waals surface area contributed by atoms with E-state index in [1.54, 1.807) is 13.1 Å². The molecule has 1 rings (SSSR count). The Kier molecular flexibility index (Phi) is 5.71. The summed E-state index contributed by atoms with van der Waals surface area (Å²) < 4.78 is 0. The molecule has 0 aliphatic heterocycles. The second kappa shape index (κ2) is 7.05. The lowest BCUT2D eigenvalue weighted by Gasteiger charge is -2.15. The Bertz CT molecular complexity index is 449. The van der Waals surface area contributed by atoms with E-state index in [-0.39, 0.29) is 6.04 Å². The number of urea groups is 1. The fourth-order valence-electron chi connectivity index (χ4n) is 1.33. The molecule has 0 radical (unpaired) electrons. The monoisotopic (exact) mass is 287 g/mol. The number of hydrogen-bond donors (Lipinski definition) is 4. The lowest BCUT2D eigenvalue weighted by molar-refractivity contribution is -0.140. The van der Waals surface area contributed by atoms with E-state index in [9.17, 15) is 9.59 Å². The summed E-state index contributed by atoms with van der Waals surface area (Å²) in [4.78, 5) is 27.5. The predicted octanol–water partition coefficient (Wildman–Crippen LogP) is 0.511. The number of carboxylic acids is 1. The van der Waals surface area contributed by atoms with Crippen molar-refractivity contribution in [1.82, 2.24) is 15.6 Å². The van der Waals surface area contributed by atoms with Gasteiger partial charge in [0.1, 0.15) is 5.01 Å². The highest BCUT2D eigenvalue weighted by molar-refractivity contribution is 7.11. The molecule has 0 aromatic carbocycles. The topological polar surface area (TPSA) is 112 Å². The van der Waals surface area contributed by atoms with E-state index in [0.717, 1.165) is 16.3 Å². The molecule has 0 spiro atoms. The zero-order chi connectivity index (χ0) is 14.4. The van der Waals surface area contributed by atoms with Gasteiger partial charge in [0, 0.05) is 11.1 Å². The smallest absolute Gasteiger partial charge is 0.328 e. The van der Waals surface area contributed by atoms with Crippen molar-refractivity contribution in [3.63, 3.8) is 0 Å². The van der Waals surface area contributed by atoms with Crippen LogP contribution in [0.25, 0.3) is 0 Å². The summed E-state index contributed by atoms with van der Waals surface area (Å²) in [6, 6.07) is -2.28. The number of aromatic nitrogens is 1. The lowest BCUT2D eigenvalue weighted by Crippen LogP contribution is -2.48. The molecule has 8 heteroatoms. The summed E-state index contributed by atoms with van der Waals surface area (Å²) in [7, 11) is 0. The van der Waals surface area contributed by atoms with Crippen LogP contribution in [0, 0.1) is 0 Å². The maximum atomic E-state index is 11.6. The second-order valence-corrected chi connectivity index (χ2v) is 5.08. The first-order chi connectivity index (χ1) is 8.97. The number of thiazole rings is 1. The number of carboxylic acid groups (broad SMARTS) is 1. The van der Waals surface area contributed by atoms with Gasteiger partial charge in [-0.1, -0.05) is 6.92 Å². The Morgan fingerprint density at radius 2 is 2.16 bits per heavy atom. The zero-order valence-electron chi connectivity index (χ0n) is 10.7. The van der Waals surface area contributed by atoms with E-state index < -0.39 is 24.6 Å². The van der Waals surface area contributed by atoms with Crippen LogP contribution in [0.1, 0.15) is 29.8 Å². The van der Waals surface area contributed by atoms with Gasteiger partial charge in [0.05, 0.1) is 12.6 Å². The third kappa shape index (κ3) is 4.49. The maximum absolute atomic E-state index is 11.6. The molecule has 0 saturated carbocycles. The summed E-state index contributed by atoms with van der Waals surface area (Å²) in [6.45, 7) is 3.11. The van der Waals surface area contributed by atoms with Gasteiger partial charge in [0.25, 0.3) is 0 Å². The van der Waals surface area contributed by atoms with Crippen molar-refractivity contribution in [3.8, 4) is 0 Å². The molecule has 0 aliphatic rings. The highest BCUT2D eigenvalue weighted by atomic mass is 32.1. The SMILES string of the molecule is CCc1cnc(C(C)NC(=O)N[C@@H](CO)C(=O)O)s1. The summed E-state index contributed by atoms with van der Waals surface area (Å²) >= 11 is 1.49. The van der Waals surface area contributed by atoms with Gasteiger partial charge in [0.2, 0.25) is 0 Å². The molecule has 0 saturated heterocycles. The molecular formula is C11H17N3O4S. The lowest BCUT2D eigenvalue weighted by atomic mass is 10.3. The minimum atomic E-state index is -1.31. The number of hydrogen-bond acceptors (Lipinski definition) is 5. The fourth-order valence-corrected chi connectivity index (χ4v) is 2.19. The van der Waals surface area contributed by atoms with Gasteiger partial charge < -0.3 is 20.8 Å². The summed E-state index contributed by atoms with van der Waals surface area (Å²) in [5.41, 5.74) is 0. The number of carbonyl (C=O) groups is 2. The molecule has 4 N–H and O–H groups in total. The standard InChI is InChI=1S/C11H17N3O4S/c1-3-7-4-12-9(19-7)6(2)13-11(18)14-8(5-15)10(16)17/h4,6,8,15H,3,5H2,1-2H3,(H,16,17)(H2,13,14,18)/t6?,8-/m0/s1. The van der Waals surface area contributed by atoms with Crippen molar-refractivity contribution in [2.45, 2.75) is 32.4 Å². The number of aliphatic carboxylic acids is 1. The fraction of sp³-hybridized carbons (Fsp3) is 0.545. The molecule has 1 aromatic heterocycles. The van der Waals surface area contributed by atoms with Crippen LogP contribution in [0.3, 0.4) is 0 Å². The Morgan fingerprint density at radius 3 is 2.63 bits per heavy atom. The number of rotatable bonds is 6. The van der Waals surface area contributed by atoms with Gasteiger partial charge in [0.15, 0.2) is 6.04 Å². The van der Waals surface area contributed by atoms with Crippen LogP contribution in [-0.2, 0) is 11.2 Å². The van der Waals surface area contributed by atoms with Crippen molar-refractivity contribution >= 4 is 23.3 Å². The van der Waals surface area contributed by atoms with Crippen molar-refractivity contribution in [1.29, 1.82) is 0 Å². The third-order valence-corrected chi connectivity index (χ3v) is 3.75. The molecular weight excluding hydrogens is 270 g/mol. The molecule has 1 unspecified atom stereocenters. The van der Waals surface area contributed by atoms with E-state index in [1.807, 2.05) is 6.92 Å². The first kappa shape index (κ1) is 15.4. The molecule has 19 heavy (non-hydrogen) atoms. The number of amides is 2. The number of aliphatic hydroxyl groups is 1. The third-order valence-electron chi connectivity index (χ3n) is 2.42. The van der Waals surface area contributed by atoms with Crippen LogP contribution in [0.15, 0.2) is 6.20 Å². The molecule has 2 atom stereocenters. The maximum Gasteiger partial charge on any atom is 0.328 e. The molecule has 1 heterocycles. The van der Waals surface area contributed by atoms with E-state index in [2.05, 4.69) is 15.6 Å². The number of aryl methyl sites for hydroxylation is 1. The van der Waals surface area contributed by atoms with Crippen molar-refractivity contribution in [2.24, 2.45) is 0 Å². The first-order valence-corrected chi connectivity index (χ1v) is 6.64. The minimum Gasteiger partial charge on any atom is -0.480 e. The van der Waals surface area contributed by atoms with E-state index in [0.29, 0.717) is 0 Å². The quantitative estimate of drug-likeness (QED) is 0.609. The van der Waals surface area contributed by atoms with Gasteiger partial charge in [-0.3, -0.25) is 0 Å². The van der Waals surface area contributed by atoms with Gasteiger partial charge in [-0.15, -0.1) is 11.3 Å². The molecule has 7 nitrogen and oxygen atoms in total. The van der Waals surface area contributed by atoms with Gasteiger partial charge in [-0.25, -0.2) is 14.6 Å². The highest BCUT2D eigenvalue weighted by Gasteiger charge is 2.20. The zero-order valence-corrected chi connectivity index (χ0v) is 11.5. The van der Waals surface area contributed by atoms with Crippen LogP contribution in [0.5, 0.6) is 0 Å². The van der Waals surface area contributed by atoms with Crippen LogP contribution >= 0.6 is 11.3 Å². The highest BCUT2D eigenvalue weighted by Crippen LogP contribution is 2.19.